The predicted octanol–water partition coefficient (Wildman–Crippen LogP) is 4.17. The van der Waals surface area contributed by atoms with Crippen LogP contribution in [0.1, 0.15) is 23.0 Å². The van der Waals surface area contributed by atoms with Crippen LogP contribution in [-0.4, -0.2) is 61.1 Å². The predicted molar refractivity (Wildman–Crippen MR) is 130 cm³/mol. The van der Waals surface area contributed by atoms with Crippen molar-refractivity contribution in [1.29, 1.82) is 0 Å². The van der Waals surface area contributed by atoms with Crippen LogP contribution in [0.25, 0.3) is 10.9 Å². The molecule has 168 valence electrons. The summed E-state index contributed by atoms with van der Waals surface area (Å²) in [6, 6.07) is 14.4. The highest BCUT2D eigenvalue weighted by atomic mass is 79.9. The van der Waals surface area contributed by atoms with Crippen LogP contribution in [-0.2, 0) is 9.53 Å². The molecule has 1 aromatic heterocycles. The Hall–Kier alpha value is -2.84. The van der Waals surface area contributed by atoms with Gasteiger partial charge in [0, 0.05) is 46.7 Å². The number of nitrogens with zero attached hydrogens (tertiary/aromatic N) is 2. The summed E-state index contributed by atoms with van der Waals surface area (Å²) in [5.41, 5.74) is 3.90. The van der Waals surface area contributed by atoms with Gasteiger partial charge in [-0.25, -0.2) is 4.79 Å². The Morgan fingerprint density at radius 3 is 2.75 bits per heavy atom. The van der Waals surface area contributed by atoms with Crippen molar-refractivity contribution < 1.29 is 14.3 Å². The normalized spacial score (nSPS) is 16.9. The molecular formula is C24H27BrN4O3. The fraction of sp³-hybridized carbons (Fsp3) is 0.333. The third kappa shape index (κ3) is 4.66. The number of piperazine rings is 1. The first kappa shape index (κ1) is 22.4. The number of fused-ring (bicyclic) bond motifs is 1. The highest BCUT2D eigenvalue weighted by Crippen LogP contribution is 2.31. The van der Waals surface area contributed by atoms with Crippen molar-refractivity contribution in [3.8, 4) is 0 Å². The van der Waals surface area contributed by atoms with Crippen LogP contribution in [0.4, 0.5) is 11.4 Å². The molecule has 1 saturated heterocycles. The summed E-state index contributed by atoms with van der Waals surface area (Å²) in [6.07, 6.45) is 0. The molecule has 0 bridgehead atoms. The highest BCUT2D eigenvalue weighted by Gasteiger charge is 2.26. The molecule has 1 atom stereocenters. The number of nitrogens with one attached hydrogen (secondary N) is 2. The molecular weight excluding hydrogens is 472 g/mol. The number of aromatic nitrogens is 1. The molecule has 0 radical (unpaired) electrons. The topological polar surface area (TPSA) is 77.7 Å². The smallest absolute Gasteiger partial charge is 0.356 e. The maximum atomic E-state index is 12.9. The molecule has 0 spiro atoms. The maximum Gasteiger partial charge on any atom is 0.356 e. The molecule has 1 fully saturated rings. The number of H-pyrrole nitrogens is 1. The van der Waals surface area contributed by atoms with E-state index in [2.05, 4.69) is 74.1 Å². The number of esters is 1. The lowest BCUT2D eigenvalue weighted by Crippen LogP contribution is -2.53. The van der Waals surface area contributed by atoms with Crippen LogP contribution in [0.2, 0.25) is 0 Å². The Bertz CT molecular complexity index is 1160. The molecule has 1 aliphatic heterocycles. The number of aryl methyl sites for hydroxylation is 1. The number of benzene rings is 2. The number of amides is 1. The van der Waals surface area contributed by atoms with Gasteiger partial charge in [0.25, 0.3) is 0 Å². The van der Waals surface area contributed by atoms with Crippen LogP contribution < -0.4 is 10.2 Å². The molecule has 2 N–H and O–H groups in total. The van der Waals surface area contributed by atoms with E-state index in [1.54, 1.807) is 0 Å². The van der Waals surface area contributed by atoms with E-state index in [1.807, 2.05) is 18.2 Å². The Labute approximate surface area is 195 Å². The second kappa shape index (κ2) is 9.34. The Balaban J connectivity index is 1.46. The van der Waals surface area contributed by atoms with Crippen LogP contribution in [0.3, 0.4) is 0 Å². The van der Waals surface area contributed by atoms with Gasteiger partial charge in [-0.1, -0.05) is 28.1 Å². The largest absolute Gasteiger partial charge is 0.464 e. The SMILES string of the molecule is COC(=O)c1[nH]c2ccc(Br)cc2c1NC(=O)CN1CCN(c2cccc(C)c2)[C@H](C)C1. The molecule has 2 aromatic carbocycles. The first-order chi connectivity index (χ1) is 15.4. The number of carbonyl (C=O) groups excluding carboxylic acids is 2. The molecule has 32 heavy (non-hydrogen) atoms. The van der Waals surface area contributed by atoms with Crippen LogP contribution >= 0.6 is 15.9 Å². The van der Waals surface area contributed by atoms with E-state index in [0.717, 1.165) is 35.0 Å². The van der Waals surface area contributed by atoms with E-state index >= 15 is 0 Å². The third-order valence-electron chi connectivity index (χ3n) is 5.83. The monoisotopic (exact) mass is 498 g/mol. The molecule has 1 aliphatic rings. The average molecular weight is 499 g/mol. The Kier molecular flexibility index (Phi) is 6.53. The van der Waals surface area contributed by atoms with Gasteiger partial charge in [0.15, 0.2) is 0 Å². The fourth-order valence-electron chi connectivity index (χ4n) is 4.30. The molecule has 4 rings (SSSR count). The van der Waals surface area contributed by atoms with Gasteiger partial charge in [-0.3, -0.25) is 9.69 Å². The number of aromatic amines is 1. The second-order valence-corrected chi connectivity index (χ2v) is 9.14. The summed E-state index contributed by atoms with van der Waals surface area (Å²) in [5, 5.41) is 3.70. The lowest BCUT2D eigenvalue weighted by Gasteiger charge is -2.41. The van der Waals surface area contributed by atoms with E-state index in [4.69, 9.17) is 4.74 Å². The van der Waals surface area contributed by atoms with E-state index in [1.165, 1.54) is 18.4 Å². The van der Waals surface area contributed by atoms with Crippen LogP contribution in [0.5, 0.6) is 0 Å². The van der Waals surface area contributed by atoms with E-state index in [0.29, 0.717) is 5.69 Å². The summed E-state index contributed by atoms with van der Waals surface area (Å²) in [4.78, 5) is 32.8. The van der Waals surface area contributed by atoms with Crippen molar-refractivity contribution in [2.75, 3.05) is 43.5 Å². The number of hydrogen-bond acceptors (Lipinski definition) is 5. The summed E-state index contributed by atoms with van der Waals surface area (Å²) in [6.45, 7) is 6.96. The van der Waals surface area contributed by atoms with Gasteiger partial charge in [-0.15, -0.1) is 0 Å². The lowest BCUT2D eigenvalue weighted by atomic mass is 10.1. The van der Waals surface area contributed by atoms with Gasteiger partial charge < -0.3 is 19.9 Å². The molecule has 8 heteroatoms. The fourth-order valence-corrected chi connectivity index (χ4v) is 4.66. The summed E-state index contributed by atoms with van der Waals surface area (Å²) in [5.74, 6) is -0.680. The van der Waals surface area contributed by atoms with Gasteiger partial charge >= 0.3 is 5.97 Å². The van der Waals surface area contributed by atoms with Gasteiger partial charge in [0.1, 0.15) is 5.69 Å². The molecule has 3 aromatic rings. The van der Waals surface area contributed by atoms with E-state index in [9.17, 15) is 9.59 Å². The molecule has 0 saturated carbocycles. The van der Waals surface area contributed by atoms with E-state index < -0.39 is 5.97 Å². The first-order valence-corrected chi connectivity index (χ1v) is 11.4. The zero-order valence-electron chi connectivity index (χ0n) is 18.4. The van der Waals surface area contributed by atoms with Gasteiger partial charge in [0.2, 0.25) is 5.91 Å². The zero-order valence-corrected chi connectivity index (χ0v) is 20.0. The third-order valence-corrected chi connectivity index (χ3v) is 6.32. The Morgan fingerprint density at radius 1 is 1.22 bits per heavy atom. The standard InChI is InChI=1S/C24H27BrN4O3/c1-15-5-4-6-18(11-15)29-10-9-28(13-16(29)2)14-21(30)27-22-19-12-17(25)7-8-20(19)26-23(22)24(31)32-3/h4-8,11-12,16,26H,9-10,13-14H2,1-3H3,(H,27,30)/t16-/m1/s1. The molecule has 1 amide bonds. The number of anilines is 2. The van der Waals surface area contributed by atoms with Crippen molar-refractivity contribution in [3.63, 3.8) is 0 Å². The van der Waals surface area contributed by atoms with Gasteiger partial charge in [-0.05, 0) is 49.7 Å². The Morgan fingerprint density at radius 2 is 2.03 bits per heavy atom. The van der Waals surface area contributed by atoms with Crippen molar-refractivity contribution in [2.45, 2.75) is 19.9 Å². The molecule has 2 heterocycles. The zero-order chi connectivity index (χ0) is 22.8. The van der Waals surface area contributed by atoms with Gasteiger partial charge in [0.05, 0.1) is 19.3 Å². The number of halogens is 1. The summed E-state index contributed by atoms with van der Waals surface area (Å²) in [7, 11) is 1.32. The van der Waals surface area contributed by atoms with Crippen LogP contribution in [0.15, 0.2) is 46.9 Å². The van der Waals surface area contributed by atoms with Crippen molar-refractivity contribution in [1.82, 2.24) is 9.88 Å². The minimum Gasteiger partial charge on any atom is -0.464 e. The van der Waals surface area contributed by atoms with Crippen molar-refractivity contribution >= 4 is 50.1 Å². The lowest BCUT2D eigenvalue weighted by molar-refractivity contribution is -0.117. The maximum absolute atomic E-state index is 12.9. The number of rotatable bonds is 5. The van der Waals surface area contributed by atoms with Crippen molar-refractivity contribution in [3.05, 3.63) is 58.2 Å². The number of ether oxygens (including phenoxy) is 1. The first-order valence-electron chi connectivity index (χ1n) is 10.6. The molecule has 0 aliphatic carbocycles. The number of methoxy groups -OCH3 is 1. The molecule has 0 unspecified atom stereocenters. The molecule has 7 nitrogen and oxygen atoms in total. The van der Waals surface area contributed by atoms with Crippen LogP contribution in [0, 0.1) is 6.92 Å². The quantitative estimate of drug-likeness (QED) is 0.516. The summed E-state index contributed by atoms with van der Waals surface area (Å²) < 4.78 is 5.75. The van der Waals surface area contributed by atoms with Crippen molar-refractivity contribution in [2.24, 2.45) is 0 Å². The second-order valence-electron chi connectivity index (χ2n) is 8.22. The summed E-state index contributed by atoms with van der Waals surface area (Å²) >= 11 is 3.46. The highest BCUT2D eigenvalue weighted by molar-refractivity contribution is 9.10. The average Bonchev–Trinajstić information content (AvgIpc) is 3.10. The minimum absolute atomic E-state index is 0.160. The number of hydrogen-bond donors (Lipinski definition) is 2. The van der Waals surface area contributed by atoms with E-state index in [-0.39, 0.29) is 24.2 Å². The van der Waals surface area contributed by atoms with Gasteiger partial charge in [-0.2, -0.15) is 0 Å². The number of carbonyl (C=O) groups is 2. The minimum atomic E-state index is -0.520.